The second kappa shape index (κ2) is 9.79. The highest BCUT2D eigenvalue weighted by atomic mass is 16.5. The highest BCUT2D eigenvalue weighted by Gasteiger charge is 2.31. The Morgan fingerprint density at radius 3 is 2.63 bits per heavy atom. The molecule has 0 radical (unpaired) electrons. The van der Waals surface area contributed by atoms with Crippen molar-refractivity contribution >= 4 is 17.5 Å². The van der Waals surface area contributed by atoms with E-state index >= 15 is 0 Å². The summed E-state index contributed by atoms with van der Waals surface area (Å²) < 4.78 is 11.9. The standard InChI is InChI=1S/C23H35N3O4/c1-15-11-26(12-18-6-7-18)16(2)14-30-21-10-19(24-17(3)27)8-9-20(21)23(28)25(4)13-22(15)29-5/h8-10,15-16,18,22H,6-7,11-14H2,1-5H3,(H,24,27)/t15-,16+,22-/m0/s1. The van der Waals surface area contributed by atoms with Crippen molar-refractivity contribution in [1.82, 2.24) is 9.80 Å². The molecule has 1 fully saturated rings. The average Bonchev–Trinajstić information content (AvgIpc) is 3.52. The zero-order valence-corrected chi connectivity index (χ0v) is 18.8. The summed E-state index contributed by atoms with van der Waals surface area (Å²) in [4.78, 5) is 28.8. The van der Waals surface area contributed by atoms with Gasteiger partial charge in [-0.25, -0.2) is 0 Å². The Morgan fingerprint density at radius 1 is 1.27 bits per heavy atom. The molecule has 0 unspecified atom stereocenters. The number of hydrogen-bond acceptors (Lipinski definition) is 5. The number of carbonyl (C=O) groups is 2. The Morgan fingerprint density at radius 2 is 2.00 bits per heavy atom. The summed E-state index contributed by atoms with van der Waals surface area (Å²) in [5.74, 6) is 1.28. The molecule has 30 heavy (non-hydrogen) atoms. The lowest BCUT2D eigenvalue weighted by atomic mass is 10.0. The van der Waals surface area contributed by atoms with Crippen molar-refractivity contribution in [3.8, 4) is 5.75 Å². The van der Waals surface area contributed by atoms with Crippen molar-refractivity contribution < 1.29 is 19.1 Å². The van der Waals surface area contributed by atoms with E-state index in [1.807, 2.05) is 0 Å². The fraction of sp³-hybridized carbons (Fsp3) is 0.652. The predicted octanol–water partition coefficient (Wildman–Crippen LogP) is 2.86. The van der Waals surface area contributed by atoms with Gasteiger partial charge in [0.2, 0.25) is 5.91 Å². The average molecular weight is 418 g/mol. The molecule has 1 aliphatic heterocycles. The Hall–Kier alpha value is -2.12. The van der Waals surface area contributed by atoms with Crippen LogP contribution in [0.25, 0.3) is 0 Å². The van der Waals surface area contributed by atoms with Gasteiger partial charge in [0.1, 0.15) is 12.4 Å². The molecule has 3 rings (SSSR count). The lowest BCUT2D eigenvalue weighted by Crippen LogP contribution is -2.47. The van der Waals surface area contributed by atoms with Crippen LogP contribution in [0.1, 0.15) is 44.0 Å². The smallest absolute Gasteiger partial charge is 0.257 e. The van der Waals surface area contributed by atoms with Crippen molar-refractivity contribution in [2.45, 2.75) is 45.8 Å². The molecule has 2 aliphatic rings. The molecule has 0 aromatic heterocycles. The number of anilines is 1. The molecule has 0 bridgehead atoms. The van der Waals surface area contributed by atoms with Gasteiger partial charge < -0.3 is 19.7 Å². The van der Waals surface area contributed by atoms with Crippen LogP contribution in [-0.4, -0.2) is 74.2 Å². The summed E-state index contributed by atoms with van der Waals surface area (Å²) in [6, 6.07) is 5.40. The molecule has 1 aliphatic carbocycles. The van der Waals surface area contributed by atoms with Gasteiger partial charge in [-0.05, 0) is 43.7 Å². The van der Waals surface area contributed by atoms with Crippen LogP contribution in [0.15, 0.2) is 18.2 Å². The first-order valence-electron chi connectivity index (χ1n) is 10.8. The number of benzene rings is 1. The van der Waals surface area contributed by atoms with Crippen molar-refractivity contribution in [3.05, 3.63) is 23.8 Å². The van der Waals surface area contributed by atoms with E-state index in [2.05, 4.69) is 24.1 Å². The molecule has 1 heterocycles. The first-order chi connectivity index (χ1) is 14.3. The molecule has 7 heteroatoms. The summed E-state index contributed by atoms with van der Waals surface area (Å²) in [6.07, 6.45) is 2.55. The Kier molecular flexibility index (Phi) is 7.36. The fourth-order valence-corrected chi connectivity index (χ4v) is 4.01. The monoisotopic (exact) mass is 417 g/mol. The number of rotatable bonds is 4. The maximum absolute atomic E-state index is 13.1. The number of hydrogen-bond donors (Lipinski definition) is 1. The summed E-state index contributed by atoms with van der Waals surface area (Å²) >= 11 is 0. The van der Waals surface area contributed by atoms with Gasteiger partial charge in [0, 0.05) is 58.5 Å². The molecule has 0 spiro atoms. The fourth-order valence-electron chi connectivity index (χ4n) is 4.01. The van der Waals surface area contributed by atoms with Crippen molar-refractivity contribution in [2.24, 2.45) is 11.8 Å². The third-order valence-corrected chi connectivity index (χ3v) is 6.09. The van der Waals surface area contributed by atoms with Crippen LogP contribution in [0.2, 0.25) is 0 Å². The lowest BCUT2D eigenvalue weighted by molar-refractivity contribution is -0.114. The number of amides is 2. The molecule has 1 aromatic carbocycles. The minimum Gasteiger partial charge on any atom is -0.491 e. The molecule has 166 valence electrons. The number of nitrogens with one attached hydrogen (secondary N) is 1. The van der Waals surface area contributed by atoms with Gasteiger partial charge in [-0.3, -0.25) is 14.5 Å². The van der Waals surface area contributed by atoms with Crippen LogP contribution in [0.5, 0.6) is 5.75 Å². The van der Waals surface area contributed by atoms with E-state index in [-0.39, 0.29) is 29.9 Å². The SMILES string of the molecule is CO[C@H]1CN(C)C(=O)c2ccc(NC(C)=O)cc2OC[C@@H](C)N(CC2CC2)C[C@@H]1C. The van der Waals surface area contributed by atoms with Crippen molar-refractivity contribution in [3.63, 3.8) is 0 Å². The zero-order valence-electron chi connectivity index (χ0n) is 18.8. The number of methoxy groups -OCH3 is 1. The first kappa shape index (κ1) is 22.6. The van der Waals surface area contributed by atoms with Crippen molar-refractivity contribution in [1.29, 1.82) is 0 Å². The van der Waals surface area contributed by atoms with Crippen LogP contribution in [0.4, 0.5) is 5.69 Å². The van der Waals surface area contributed by atoms with Crippen LogP contribution < -0.4 is 10.1 Å². The number of ether oxygens (including phenoxy) is 2. The topological polar surface area (TPSA) is 71.1 Å². The second-order valence-electron chi connectivity index (χ2n) is 8.89. The molecule has 7 nitrogen and oxygen atoms in total. The van der Waals surface area contributed by atoms with Gasteiger partial charge in [0.05, 0.1) is 11.7 Å². The Labute approximate surface area is 179 Å². The van der Waals surface area contributed by atoms with Gasteiger partial charge in [0.25, 0.3) is 5.91 Å². The van der Waals surface area contributed by atoms with E-state index in [9.17, 15) is 9.59 Å². The summed E-state index contributed by atoms with van der Waals surface area (Å²) in [6.45, 7) is 8.79. The number of carbonyl (C=O) groups excluding carboxylic acids is 2. The van der Waals surface area contributed by atoms with E-state index in [0.717, 1.165) is 19.0 Å². The quantitative estimate of drug-likeness (QED) is 0.816. The molecular weight excluding hydrogens is 382 g/mol. The van der Waals surface area contributed by atoms with E-state index < -0.39 is 0 Å². The Bertz CT molecular complexity index is 765. The summed E-state index contributed by atoms with van der Waals surface area (Å²) in [5.41, 5.74) is 1.12. The number of likely N-dealkylation sites (N-methyl/N-ethyl adjacent to an activating group) is 1. The minimum atomic E-state index is -0.160. The predicted molar refractivity (Wildman–Crippen MR) is 117 cm³/mol. The third kappa shape index (κ3) is 5.73. The van der Waals surface area contributed by atoms with E-state index in [1.54, 1.807) is 37.3 Å². The lowest BCUT2D eigenvalue weighted by Gasteiger charge is -2.36. The molecular formula is C23H35N3O4. The minimum absolute atomic E-state index is 0.0460. The maximum atomic E-state index is 13.1. The summed E-state index contributed by atoms with van der Waals surface area (Å²) in [7, 11) is 3.51. The maximum Gasteiger partial charge on any atom is 0.257 e. The first-order valence-corrected chi connectivity index (χ1v) is 10.8. The molecule has 1 saturated carbocycles. The molecule has 2 amide bonds. The molecule has 1 aromatic rings. The van der Waals surface area contributed by atoms with Crippen LogP contribution in [-0.2, 0) is 9.53 Å². The zero-order chi connectivity index (χ0) is 21.8. The summed E-state index contributed by atoms with van der Waals surface area (Å²) in [5, 5.41) is 2.77. The van der Waals surface area contributed by atoms with Gasteiger partial charge in [-0.1, -0.05) is 6.92 Å². The highest BCUT2D eigenvalue weighted by molar-refractivity contribution is 5.98. The number of fused-ring (bicyclic) bond motifs is 1. The van der Waals surface area contributed by atoms with E-state index in [1.165, 1.54) is 19.8 Å². The normalized spacial score (nSPS) is 26.2. The van der Waals surface area contributed by atoms with Crippen molar-refractivity contribution in [2.75, 3.05) is 45.7 Å². The van der Waals surface area contributed by atoms with Gasteiger partial charge in [-0.15, -0.1) is 0 Å². The van der Waals surface area contributed by atoms with E-state index in [4.69, 9.17) is 9.47 Å². The molecule has 3 atom stereocenters. The van der Waals surface area contributed by atoms with Gasteiger partial charge in [0.15, 0.2) is 0 Å². The van der Waals surface area contributed by atoms with E-state index in [0.29, 0.717) is 30.2 Å². The molecule has 0 saturated heterocycles. The highest BCUT2D eigenvalue weighted by Crippen LogP contribution is 2.32. The van der Waals surface area contributed by atoms with Gasteiger partial charge >= 0.3 is 0 Å². The van der Waals surface area contributed by atoms with Crippen LogP contribution in [0, 0.1) is 11.8 Å². The third-order valence-electron chi connectivity index (χ3n) is 6.09. The number of nitrogens with zero attached hydrogens (tertiary/aromatic N) is 2. The Balaban J connectivity index is 1.91. The van der Waals surface area contributed by atoms with Gasteiger partial charge in [-0.2, -0.15) is 0 Å². The second-order valence-corrected chi connectivity index (χ2v) is 8.89. The van der Waals surface area contributed by atoms with Crippen LogP contribution >= 0.6 is 0 Å². The largest absolute Gasteiger partial charge is 0.491 e. The molecule has 1 N–H and O–H groups in total. The van der Waals surface area contributed by atoms with Crippen LogP contribution in [0.3, 0.4) is 0 Å².